The molecule has 15 nitrogen and oxygen atoms in total. The lowest BCUT2D eigenvalue weighted by Crippen LogP contribution is -2.59. The van der Waals surface area contributed by atoms with Crippen LogP contribution in [0.25, 0.3) is 0 Å². The molecule has 1 aliphatic heterocycles. The van der Waals surface area contributed by atoms with Crippen molar-refractivity contribution in [2.24, 2.45) is 17.8 Å². The molecule has 50 heavy (non-hydrogen) atoms. The Morgan fingerprint density at radius 1 is 0.860 bits per heavy atom. The van der Waals surface area contributed by atoms with Gasteiger partial charge in [0.1, 0.15) is 12.1 Å². The zero-order valence-electron chi connectivity index (χ0n) is 29.3. The van der Waals surface area contributed by atoms with Crippen LogP contribution in [0.1, 0.15) is 78.3 Å². The van der Waals surface area contributed by atoms with Crippen LogP contribution in [0, 0.1) is 17.8 Å². The Kier molecular flexibility index (Phi) is 17.6. The van der Waals surface area contributed by atoms with Crippen molar-refractivity contribution in [3.63, 3.8) is 0 Å². The summed E-state index contributed by atoms with van der Waals surface area (Å²) in [6.07, 6.45) is 0.687. The van der Waals surface area contributed by atoms with E-state index in [-0.39, 0.29) is 37.2 Å². The van der Waals surface area contributed by atoms with Crippen molar-refractivity contribution in [1.29, 1.82) is 0 Å². The molecule has 1 fully saturated rings. The molecule has 4 atom stereocenters. The molecule has 1 heterocycles. The number of alkyl carbamates (subject to hydrolysis) is 1. The zero-order valence-corrected chi connectivity index (χ0v) is 30.1. The lowest BCUT2D eigenvalue weighted by molar-refractivity contribution is -0.142. The van der Waals surface area contributed by atoms with Gasteiger partial charge in [-0.3, -0.25) is 28.2 Å². The van der Waals surface area contributed by atoms with Gasteiger partial charge in [-0.05, 0) is 49.0 Å². The number of Topliss-reactive ketones (excluding diaryl/α,β-unsaturated/α-hetero) is 1. The van der Waals surface area contributed by atoms with Crippen LogP contribution in [-0.2, 0) is 44.3 Å². The Morgan fingerprint density at radius 2 is 1.48 bits per heavy atom. The van der Waals surface area contributed by atoms with Crippen LogP contribution >= 0.6 is 0 Å². The quantitative estimate of drug-likeness (QED) is 0.112. The molecule has 2 rings (SSSR count). The molecule has 5 amide bonds. The fourth-order valence-electron chi connectivity index (χ4n) is 5.30. The van der Waals surface area contributed by atoms with E-state index < -0.39 is 83.0 Å². The van der Waals surface area contributed by atoms with E-state index in [9.17, 15) is 42.9 Å². The first-order chi connectivity index (χ1) is 23.6. The number of aliphatic carboxylic acids is 1. The standard InChI is InChI=1S/C34H51N5O10S/c1-6-10-24(29(41)32(44)35-18-26(40)38-28(33(45)46)22-11-8-7-9-12-22)36-30(42)25(17-20(2)3)37-31(43)27(23-13-15-50(48)16-14-23)39-34(47)49-19-21(4)5/h7-9,11-12,20-21,23-25,27-28H,6,10,13-19H2,1-5H3,(H,35,44)(H,36,42)(H,37,43)(H,38,40)(H,39,47)(H,45,46)/t23?,24-,25+,27+,28+,50?/m1/s1. The molecule has 278 valence electrons. The fraction of sp³-hybridized carbons (Fsp3) is 0.618. The highest BCUT2D eigenvalue weighted by Crippen LogP contribution is 2.22. The molecule has 1 aromatic carbocycles. The summed E-state index contributed by atoms with van der Waals surface area (Å²) >= 11 is 0. The Labute approximate surface area is 295 Å². The number of nitrogens with one attached hydrogen (secondary N) is 5. The number of carbonyl (C=O) groups is 7. The number of carboxylic acids is 1. The predicted octanol–water partition coefficient (Wildman–Crippen LogP) is 1.34. The summed E-state index contributed by atoms with van der Waals surface area (Å²) in [5, 5.41) is 21.9. The summed E-state index contributed by atoms with van der Waals surface area (Å²) in [6, 6.07) is 3.08. The minimum Gasteiger partial charge on any atom is -0.479 e. The maximum atomic E-state index is 13.7. The summed E-state index contributed by atoms with van der Waals surface area (Å²) in [6.45, 7) is 8.58. The van der Waals surface area contributed by atoms with E-state index in [0.29, 0.717) is 36.3 Å². The molecule has 0 unspecified atom stereocenters. The molecular formula is C34H51N5O10S. The maximum absolute atomic E-state index is 13.7. The van der Waals surface area contributed by atoms with Gasteiger partial charge in [0.2, 0.25) is 23.5 Å². The molecule has 16 heteroatoms. The lowest BCUT2D eigenvalue weighted by Gasteiger charge is -2.31. The van der Waals surface area contributed by atoms with E-state index in [1.165, 1.54) is 12.1 Å². The van der Waals surface area contributed by atoms with E-state index in [1.54, 1.807) is 25.1 Å². The van der Waals surface area contributed by atoms with Gasteiger partial charge in [0.25, 0.3) is 5.91 Å². The fourth-order valence-corrected chi connectivity index (χ4v) is 6.63. The Morgan fingerprint density at radius 3 is 2.04 bits per heavy atom. The molecule has 0 bridgehead atoms. The van der Waals surface area contributed by atoms with Crippen LogP contribution in [0.15, 0.2) is 30.3 Å². The second-order valence-corrected chi connectivity index (χ2v) is 14.8. The number of ether oxygens (including phenoxy) is 1. The Hall–Kier alpha value is -4.34. The van der Waals surface area contributed by atoms with Crippen LogP contribution in [0.2, 0.25) is 0 Å². The van der Waals surface area contributed by atoms with Crippen LogP contribution in [0.5, 0.6) is 0 Å². The van der Waals surface area contributed by atoms with Crippen molar-refractivity contribution in [1.82, 2.24) is 26.6 Å². The van der Waals surface area contributed by atoms with Gasteiger partial charge in [-0.1, -0.05) is 71.4 Å². The number of amides is 5. The van der Waals surface area contributed by atoms with Gasteiger partial charge in [-0.25, -0.2) is 9.59 Å². The van der Waals surface area contributed by atoms with E-state index in [2.05, 4.69) is 26.6 Å². The van der Waals surface area contributed by atoms with Gasteiger partial charge in [0.05, 0.1) is 19.2 Å². The van der Waals surface area contributed by atoms with Gasteiger partial charge < -0.3 is 36.4 Å². The average molecular weight is 722 g/mol. The molecular weight excluding hydrogens is 670 g/mol. The molecule has 0 aromatic heterocycles. The first kappa shape index (κ1) is 41.8. The Balaban J connectivity index is 2.12. The van der Waals surface area contributed by atoms with Gasteiger partial charge >= 0.3 is 12.1 Å². The third kappa shape index (κ3) is 14.3. The van der Waals surface area contributed by atoms with Crippen molar-refractivity contribution in [2.75, 3.05) is 24.7 Å². The first-order valence-electron chi connectivity index (χ1n) is 16.9. The van der Waals surface area contributed by atoms with E-state index in [1.807, 2.05) is 27.7 Å². The first-order valence-corrected chi connectivity index (χ1v) is 18.4. The minimum absolute atomic E-state index is 0.0613. The lowest BCUT2D eigenvalue weighted by atomic mass is 9.92. The number of rotatable bonds is 19. The third-order valence-electron chi connectivity index (χ3n) is 7.88. The zero-order chi connectivity index (χ0) is 37.4. The van der Waals surface area contributed by atoms with Gasteiger partial charge in [-0.15, -0.1) is 0 Å². The summed E-state index contributed by atoms with van der Waals surface area (Å²) in [7, 11) is -1.02. The van der Waals surface area contributed by atoms with E-state index in [4.69, 9.17) is 4.74 Å². The number of hydrogen-bond acceptors (Lipinski definition) is 9. The van der Waals surface area contributed by atoms with Gasteiger partial charge in [0.15, 0.2) is 6.04 Å². The highest BCUT2D eigenvalue weighted by molar-refractivity contribution is 7.85. The highest BCUT2D eigenvalue weighted by atomic mass is 32.2. The summed E-state index contributed by atoms with van der Waals surface area (Å²) in [4.78, 5) is 89.9. The minimum atomic E-state index is -1.38. The maximum Gasteiger partial charge on any atom is 0.407 e. The molecule has 0 radical (unpaired) electrons. The molecule has 1 aromatic rings. The topological polar surface area (TPSA) is 226 Å². The monoisotopic (exact) mass is 721 g/mol. The van der Waals surface area contributed by atoms with Crippen molar-refractivity contribution in [2.45, 2.75) is 90.9 Å². The van der Waals surface area contributed by atoms with Crippen LogP contribution in [0.4, 0.5) is 4.79 Å². The largest absolute Gasteiger partial charge is 0.479 e. The molecule has 1 saturated heterocycles. The molecule has 0 spiro atoms. The van der Waals surface area contributed by atoms with Crippen LogP contribution < -0.4 is 26.6 Å². The SMILES string of the molecule is CCC[C@@H](NC(=O)[C@H](CC(C)C)NC(=O)[C@@H](NC(=O)OCC(C)C)C1CCS(=O)CC1)C(=O)C(=O)NCC(=O)N[C@H](C(=O)O)c1ccccc1. The second-order valence-electron chi connectivity index (χ2n) is 13.1. The normalized spacial score (nSPS) is 18.1. The number of benzene rings is 1. The summed E-state index contributed by atoms with van der Waals surface area (Å²) in [5.74, 6) is -5.35. The third-order valence-corrected chi connectivity index (χ3v) is 9.26. The Bertz CT molecular complexity index is 1360. The summed E-state index contributed by atoms with van der Waals surface area (Å²) in [5.41, 5.74) is 0.313. The van der Waals surface area contributed by atoms with Gasteiger partial charge in [0, 0.05) is 22.3 Å². The molecule has 0 aliphatic carbocycles. The van der Waals surface area contributed by atoms with E-state index >= 15 is 0 Å². The van der Waals surface area contributed by atoms with Crippen LogP contribution in [-0.4, -0.2) is 93.6 Å². The molecule has 6 N–H and O–H groups in total. The average Bonchev–Trinajstić information content (AvgIpc) is 3.07. The number of carboxylic acid groups (broad SMARTS) is 1. The van der Waals surface area contributed by atoms with Crippen LogP contribution in [0.3, 0.4) is 0 Å². The molecule has 1 aliphatic rings. The van der Waals surface area contributed by atoms with E-state index in [0.717, 1.165) is 0 Å². The predicted molar refractivity (Wildman–Crippen MR) is 185 cm³/mol. The highest BCUT2D eigenvalue weighted by Gasteiger charge is 2.36. The van der Waals surface area contributed by atoms with Gasteiger partial charge in [-0.2, -0.15) is 0 Å². The number of ketones is 1. The van der Waals surface area contributed by atoms with Crippen molar-refractivity contribution >= 4 is 52.3 Å². The van der Waals surface area contributed by atoms with Crippen molar-refractivity contribution in [3.8, 4) is 0 Å². The smallest absolute Gasteiger partial charge is 0.407 e. The molecule has 0 saturated carbocycles. The number of carbonyl (C=O) groups excluding carboxylic acids is 6. The van der Waals surface area contributed by atoms with Crippen molar-refractivity contribution < 1.29 is 47.6 Å². The van der Waals surface area contributed by atoms with Crippen molar-refractivity contribution in [3.05, 3.63) is 35.9 Å². The second kappa shape index (κ2) is 21.0. The summed E-state index contributed by atoms with van der Waals surface area (Å²) < 4.78 is 17.2. The number of hydrogen-bond donors (Lipinski definition) is 6.